The predicted molar refractivity (Wildman–Crippen MR) is 85.2 cm³/mol. The number of ketones is 1. The molecule has 0 amide bonds. The van der Waals surface area contributed by atoms with Crippen LogP contribution in [0.3, 0.4) is 0 Å². The Bertz CT molecular complexity index is 319. The summed E-state index contributed by atoms with van der Waals surface area (Å²) in [4.78, 5) is 11.1. The number of carbonyl (C=O) groups is 1. The smallest absolute Gasteiger partial charge is 0.132 e. The number of allylic oxidation sites excluding steroid dienone is 8. The topological polar surface area (TPSA) is 17.1 Å². The molecule has 19 heavy (non-hydrogen) atoms. The molecule has 0 unspecified atom stereocenters. The van der Waals surface area contributed by atoms with E-state index in [0.29, 0.717) is 18.6 Å². The Morgan fingerprint density at radius 1 is 0.737 bits per heavy atom. The Hall–Kier alpha value is -1.37. The fraction of sp³-hybridized carbons (Fsp3) is 0.500. The van der Waals surface area contributed by atoms with E-state index in [-0.39, 0.29) is 0 Å². The van der Waals surface area contributed by atoms with Crippen LogP contribution < -0.4 is 0 Å². The molecule has 0 rings (SSSR count). The highest BCUT2D eigenvalue weighted by Crippen LogP contribution is 1.98. The zero-order valence-electron chi connectivity index (χ0n) is 12.5. The maximum absolute atomic E-state index is 11.1. The van der Waals surface area contributed by atoms with Crippen molar-refractivity contribution >= 4 is 5.78 Å². The SMILES string of the molecule is CC/C=C\C/C=C\C/C=C\C/C=C\CCC(=O)CC. The van der Waals surface area contributed by atoms with Crippen molar-refractivity contribution in [1.82, 2.24) is 0 Å². The zero-order valence-corrected chi connectivity index (χ0v) is 12.5. The summed E-state index contributed by atoms with van der Waals surface area (Å²) in [5.74, 6) is 0.349. The Balaban J connectivity index is 3.45. The van der Waals surface area contributed by atoms with Gasteiger partial charge in [-0.25, -0.2) is 0 Å². The van der Waals surface area contributed by atoms with Gasteiger partial charge in [0, 0.05) is 12.8 Å². The minimum Gasteiger partial charge on any atom is -0.300 e. The lowest BCUT2D eigenvalue weighted by molar-refractivity contribution is -0.118. The molecule has 0 N–H and O–H groups in total. The number of hydrogen-bond acceptors (Lipinski definition) is 1. The molecule has 106 valence electrons. The van der Waals surface area contributed by atoms with Crippen LogP contribution in [0.4, 0.5) is 0 Å². The maximum Gasteiger partial charge on any atom is 0.132 e. The van der Waals surface area contributed by atoms with Crippen LogP contribution in [-0.4, -0.2) is 5.78 Å². The van der Waals surface area contributed by atoms with Crippen LogP contribution in [0.15, 0.2) is 48.6 Å². The van der Waals surface area contributed by atoms with Gasteiger partial charge in [-0.1, -0.05) is 62.5 Å². The molecule has 0 saturated heterocycles. The summed E-state index contributed by atoms with van der Waals surface area (Å²) in [5, 5.41) is 0. The number of rotatable bonds is 11. The first kappa shape index (κ1) is 17.6. The van der Waals surface area contributed by atoms with Gasteiger partial charge >= 0.3 is 0 Å². The monoisotopic (exact) mass is 260 g/mol. The molecular weight excluding hydrogens is 232 g/mol. The first-order valence-corrected chi connectivity index (χ1v) is 7.42. The van der Waals surface area contributed by atoms with E-state index in [0.717, 1.165) is 32.1 Å². The highest BCUT2D eigenvalue weighted by molar-refractivity contribution is 5.78. The van der Waals surface area contributed by atoms with Crippen LogP contribution >= 0.6 is 0 Å². The van der Waals surface area contributed by atoms with E-state index in [4.69, 9.17) is 0 Å². The molecule has 0 atom stereocenters. The Kier molecular flexibility index (Phi) is 13.6. The lowest BCUT2D eigenvalue weighted by Gasteiger charge is -1.91. The number of carbonyl (C=O) groups excluding carboxylic acids is 1. The van der Waals surface area contributed by atoms with Gasteiger partial charge in [-0.2, -0.15) is 0 Å². The second-order valence-electron chi connectivity index (χ2n) is 4.43. The highest BCUT2D eigenvalue weighted by atomic mass is 16.1. The average molecular weight is 260 g/mol. The van der Waals surface area contributed by atoms with Gasteiger partial charge in [0.2, 0.25) is 0 Å². The van der Waals surface area contributed by atoms with E-state index in [9.17, 15) is 4.79 Å². The maximum atomic E-state index is 11.1. The van der Waals surface area contributed by atoms with E-state index in [1.54, 1.807) is 0 Å². The van der Waals surface area contributed by atoms with Crippen molar-refractivity contribution in [2.45, 2.75) is 58.8 Å². The third kappa shape index (κ3) is 14.6. The number of Topliss-reactive ketones (excluding diaryl/α,β-unsaturated/α-hetero) is 1. The van der Waals surface area contributed by atoms with Crippen molar-refractivity contribution in [3.05, 3.63) is 48.6 Å². The normalized spacial score (nSPS) is 12.5. The quantitative estimate of drug-likeness (QED) is 0.445. The third-order valence-electron chi connectivity index (χ3n) is 2.70. The number of hydrogen-bond donors (Lipinski definition) is 0. The first-order valence-electron chi connectivity index (χ1n) is 7.42. The summed E-state index contributed by atoms with van der Waals surface area (Å²) >= 11 is 0. The standard InChI is InChI=1S/C18H28O/c1-3-5-6-7-8-9-10-11-12-13-14-15-16-17-18(19)4-2/h5-6,8-9,11-12,14-15H,3-4,7,10,13,16-17H2,1-2H3/b6-5-,9-8-,12-11-,15-14-. The fourth-order valence-corrected chi connectivity index (χ4v) is 1.52. The molecule has 0 aliphatic carbocycles. The lowest BCUT2D eigenvalue weighted by Crippen LogP contribution is -1.92. The Morgan fingerprint density at radius 3 is 1.68 bits per heavy atom. The van der Waals surface area contributed by atoms with Gasteiger partial charge in [0.1, 0.15) is 5.78 Å². The van der Waals surface area contributed by atoms with E-state index in [2.05, 4.69) is 55.5 Å². The van der Waals surface area contributed by atoms with Crippen molar-refractivity contribution in [3.63, 3.8) is 0 Å². The van der Waals surface area contributed by atoms with Gasteiger partial charge in [0.05, 0.1) is 0 Å². The molecule has 0 radical (unpaired) electrons. The molecular formula is C18H28O. The minimum absolute atomic E-state index is 0.349. The van der Waals surface area contributed by atoms with Gasteiger partial charge in [0.15, 0.2) is 0 Å². The molecule has 0 heterocycles. The van der Waals surface area contributed by atoms with Crippen LogP contribution in [0, 0.1) is 0 Å². The van der Waals surface area contributed by atoms with Crippen LogP contribution in [0.5, 0.6) is 0 Å². The fourth-order valence-electron chi connectivity index (χ4n) is 1.52. The summed E-state index contributed by atoms with van der Waals surface area (Å²) in [6.07, 6.45) is 23.7. The van der Waals surface area contributed by atoms with Gasteiger partial charge in [-0.15, -0.1) is 0 Å². The third-order valence-corrected chi connectivity index (χ3v) is 2.70. The van der Waals surface area contributed by atoms with E-state index < -0.39 is 0 Å². The van der Waals surface area contributed by atoms with Crippen molar-refractivity contribution in [2.24, 2.45) is 0 Å². The van der Waals surface area contributed by atoms with Crippen molar-refractivity contribution in [3.8, 4) is 0 Å². The summed E-state index contributed by atoms with van der Waals surface area (Å²) in [7, 11) is 0. The average Bonchev–Trinajstić information content (AvgIpc) is 2.43. The van der Waals surface area contributed by atoms with E-state index in [1.807, 2.05) is 6.92 Å². The minimum atomic E-state index is 0.349. The first-order chi connectivity index (χ1) is 9.31. The molecule has 0 bridgehead atoms. The van der Waals surface area contributed by atoms with Crippen LogP contribution in [0.2, 0.25) is 0 Å². The van der Waals surface area contributed by atoms with Gasteiger partial charge < -0.3 is 0 Å². The zero-order chi connectivity index (χ0) is 14.2. The molecule has 1 heteroatoms. The Morgan fingerprint density at radius 2 is 1.21 bits per heavy atom. The Labute approximate surface area is 118 Å². The molecule has 0 aromatic heterocycles. The largest absolute Gasteiger partial charge is 0.300 e. The second kappa shape index (κ2) is 14.7. The van der Waals surface area contributed by atoms with Crippen molar-refractivity contribution < 1.29 is 4.79 Å². The van der Waals surface area contributed by atoms with Crippen molar-refractivity contribution in [1.29, 1.82) is 0 Å². The van der Waals surface area contributed by atoms with Crippen LogP contribution in [0.1, 0.15) is 58.8 Å². The molecule has 1 nitrogen and oxygen atoms in total. The van der Waals surface area contributed by atoms with E-state index in [1.165, 1.54) is 0 Å². The van der Waals surface area contributed by atoms with Gasteiger partial charge in [-0.3, -0.25) is 4.79 Å². The van der Waals surface area contributed by atoms with Crippen LogP contribution in [0.25, 0.3) is 0 Å². The molecule has 0 aromatic carbocycles. The summed E-state index contributed by atoms with van der Waals surface area (Å²) in [6, 6.07) is 0. The van der Waals surface area contributed by atoms with Crippen LogP contribution in [-0.2, 0) is 4.79 Å². The molecule has 0 aromatic rings. The van der Waals surface area contributed by atoms with E-state index >= 15 is 0 Å². The summed E-state index contributed by atoms with van der Waals surface area (Å²) in [5.41, 5.74) is 0. The lowest BCUT2D eigenvalue weighted by atomic mass is 10.1. The van der Waals surface area contributed by atoms with Gasteiger partial charge in [-0.05, 0) is 32.1 Å². The van der Waals surface area contributed by atoms with Gasteiger partial charge in [0.25, 0.3) is 0 Å². The predicted octanol–water partition coefficient (Wildman–Crippen LogP) is 5.55. The molecule has 0 saturated carbocycles. The molecule has 0 fully saturated rings. The van der Waals surface area contributed by atoms with Crippen molar-refractivity contribution in [2.75, 3.05) is 0 Å². The highest BCUT2D eigenvalue weighted by Gasteiger charge is 1.93. The summed E-state index contributed by atoms with van der Waals surface area (Å²) < 4.78 is 0. The molecule has 0 aliphatic heterocycles. The molecule has 0 aliphatic rings. The molecule has 0 spiro atoms. The second-order valence-corrected chi connectivity index (χ2v) is 4.43. The summed E-state index contributed by atoms with van der Waals surface area (Å²) in [6.45, 7) is 4.06.